The molecule has 2 aromatic rings. The Bertz CT molecular complexity index is 835. The van der Waals surface area contributed by atoms with Gasteiger partial charge < -0.3 is 10.2 Å². The summed E-state index contributed by atoms with van der Waals surface area (Å²) in [5, 5.41) is 3.73. The van der Waals surface area contributed by atoms with Crippen molar-refractivity contribution in [3.63, 3.8) is 0 Å². The number of aromatic nitrogens is 1. The zero-order valence-electron chi connectivity index (χ0n) is 17.1. The number of likely N-dealkylation sites (tertiary alicyclic amines) is 1. The number of hydrogen-bond donors (Lipinski definition) is 1. The molecule has 7 heteroatoms. The summed E-state index contributed by atoms with van der Waals surface area (Å²) in [5.41, 5.74) is 1.30. The van der Waals surface area contributed by atoms with Gasteiger partial charge in [0, 0.05) is 18.2 Å². The molecule has 1 N–H and O–H groups in total. The van der Waals surface area contributed by atoms with Crippen LogP contribution >= 0.6 is 22.9 Å². The van der Waals surface area contributed by atoms with Gasteiger partial charge in [0.05, 0.1) is 10.7 Å². The molecule has 158 valence electrons. The Morgan fingerprint density at radius 1 is 1.34 bits per heavy atom. The van der Waals surface area contributed by atoms with Crippen molar-refractivity contribution in [2.45, 2.75) is 58.4 Å². The van der Waals surface area contributed by atoms with Crippen molar-refractivity contribution >= 4 is 28.8 Å². The van der Waals surface area contributed by atoms with Crippen LogP contribution in [0.2, 0.25) is 5.02 Å². The van der Waals surface area contributed by atoms with Gasteiger partial charge in [0.2, 0.25) is 0 Å². The summed E-state index contributed by atoms with van der Waals surface area (Å²) in [5.74, 6) is -0.589. The van der Waals surface area contributed by atoms with E-state index in [1.54, 1.807) is 6.07 Å². The third-order valence-corrected chi connectivity index (χ3v) is 7.06. The van der Waals surface area contributed by atoms with Crippen molar-refractivity contribution in [2.24, 2.45) is 0 Å². The topological polar surface area (TPSA) is 45.2 Å². The first-order valence-corrected chi connectivity index (χ1v) is 11.6. The van der Waals surface area contributed by atoms with Crippen LogP contribution < -0.4 is 5.32 Å². The molecule has 1 aliphatic rings. The molecule has 0 bridgehead atoms. The molecule has 1 unspecified atom stereocenters. The number of thiazole rings is 1. The molecule has 1 amide bonds. The Morgan fingerprint density at radius 2 is 2.10 bits per heavy atom. The van der Waals surface area contributed by atoms with Gasteiger partial charge in [-0.15, -0.1) is 11.3 Å². The van der Waals surface area contributed by atoms with Crippen LogP contribution in [0, 0.1) is 12.7 Å². The van der Waals surface area contributed by atoms with Crippen LogP contribution in [0.4, 0.5) is 4.39 Å². The number of amides is 1. The number of halogens is 2. The lowest BCUT2D eigenvalue weighted by atomic mass is 10.0. The maximum atomic E-state index is 13.7. The fraction of sp³-hybridized carbons (Fsp3) is 0.545. The van der Waals surface area contributed by atoms with E-state index in [1.165, 1.54) is 55.8 Å². The van der Waals surface area contributed by atoms with Gasteiger partial charge in [0.25, 0.3) is 5.91 Å². The average molecular weight is 438 g/mol. The summed E-state index contributed by atoms with van der Waals surface area (Å²) in [6, 6.07) is 5.20. The lowest BCUT2D eigenvalue weighted by molar-refractivity contribution is 0.0953. The first-order chi connectivity index (χ1) is 14.0. The van der Waals surface area contributed by atoms with Gasteiger partial charge in [0.15, 0.2) is 0 Å². The highest BCUT2D eigenvalue weighted by Gasteiger charge is 2.20. The van der Waals surface area contributed by atoms with Crippen LogP contribution in [0.15, 0.2) is 18.2 Å². The monoisotopic (exact) mass is 437 g/mol. The van der Waals surface area contributed by atoms with Gasteiger partial charge in [-0.3, -0.25) is 4.79 Å². The maximum Gasteiger partial charge on any atom is 0.263 e. The molecule has 1 aromatic carbocycles. The first-order valence-electron chi connectivity index (χ1n) is 10.4. The van der Waals surface area contributed by atoms with Crippen molar-refractivity contribution in [1.29, 1.82) is 0 Å². The highest BCUT2D eigenvalue weighted by atomic mass is 35.5. The fourth-order valence-corrected chi connectivity index (χ4v) is 5.00. The van der Waals surface area contributed by atoms with Crippen LogP contribution in [-0.4, -0.2) is 41.5 Å². The number of rotatable bonds is 8. The molecule has 1 fully saturated rings. The van der Waals surface area contributed by atoms with E-state index >= 15 is 0 Å². The van der Waals surface area contributed by atoms with Crippen LogP contribution in [-0.2, 0) is 0 Å². The van der Waals surface area contributed by atoms with Gasteiger partial charge in [-0.05, 0) is 64.3 Å². The largest absolute Gasteiger partial charge is 0.351 e. The SMILES string of the molecule is CCC(CCCNC(=O)c1sc(-c2ccc(Cl)c(F)c2)nc1C)N1CCCCC1. The van der Waals surface area contributed by atoms with Gasteiger partial charge >= 0.3 is 0 Å². The highest BCUT2D eigenvalue weighted by molar-refractivity contribution is 7.17. The number of benzene rings is 1. The summed E-state index contributed by atoms with van der Waals surface area (Å²) in [7, 11) is 0. The molecule has 0 radical (unpaired) electrons. The number of nitrogens with zero attached hydrogens (tertiary/aromatic N) is 2. The Morgan fingerprint density at radius 3 is 2.79 bits per heavy atom. The zero-order valence-corrected chi connectivity index (χ0v) is 18.7. The summed E-state index contributed by atoms with van der Waals surface area (Å²) >= 11 is 7.03. The summed E-state index contributed by atoms with van der Waals surface area (Å²) in [6.45, 7) is 7.13. The average Bonchev–Trinajstić information content (AvgIpc) is 3.12. The second-order valence-electron chi connectivity index (χ2n) is 7.62. The van der Waals surface area contributed by atoms with Gasteiger partial charge in [0.1, 0.15) is 15.7 Å². The fourth-order valence-electron chi connectivity index (χ4n) is 3.91. The number of aryl methyl sites for hydroxylation is 1. The van der Waals surface area contributed by atoms with Crippen molar-refractivity contribution in [3.05, 3.63) is 39.6 Å². The van der Waals surface area contributed by atoms with Gasteiger partial charge in [-0.2, -0.15) is 0 Å². The Labute approximate surface area is 181 Å². The van der Waals surface area contributed by atoms with Gasteiger partial charge in [-0.1, -0.05) is 31.0 Å². The molecular formula is C22H29ClFN3OS. The molecule has 1 atom stereocenters. The van der Waals surface area contributed by atoms with Crippen LogP contribution in [0.3, 0.4) is 0 Å². The number of hydrogen-bond acceptors (Lipinski definition) is 4. The Kier molecular flexibility index (Phi) is 8.04. The molecule has 2 heterocycles. The number of piperidine rings is 1. The number of carbonyl (C=O) groups excluding carboxylic acids is 1. The maximum absolute atomic E-state index is 13.7. The molecule has 1 aromatic heterocycles. The van der Waals surface area contributed by atoms with E-state index in [0.717, 1.165) is 19.3 Å². The minimum atomic E-state index is -0.484. The third kappa shape index (κ3) is 5.77. The zero-order chi connectivity index (χ0) is 20.8. The standard InChI is InChI=1S/C22H29ClFN3OS/c1-3-17(27-12-5-4-6-13-27)8-7-11-25-21(28)20-15(2)26-22(29-20)16-9-10-18(23)19(24)14-16/h9-10,14,17H,3-8,11-13H2,1-2H3,(H,25,28). The molecule has 0 aliphatic carbocycles. The van der Waals surface area contributed by atoms with E-state index in [0.29, 0.717) is 33.7 Å². The van der Waals surface area contributed by atoms with E-state index in [9.17, 15) is 9.18 Å². The summed E-state index contributed by atoms with van der Waals surface area (Å²) < 4.78 is 13.7. The lowest BCUT2D eigenvalue weighted by Crippen LogP contribution is -2.39. The van der Waals surface area contributed by atoms with E-state index < -0.39 is 5.82 Å². The lowest BCUT2D eigenvalue weighted by Gasteiger charge is -2.34. The minimum absolute atomic E-state index is 0.0786. The van der Waals surface area contributed by atoms with Crippen LogP contribution in [0.1, 0.15) is 60.8 Å². The predicted octanol–water partition coefficient (Wildman–Crippen LogP) is 5.69. The number of nitrogens with one attached hydrogen (secondary N) is 1. The molecule has 1 aliphatic heterocycles. The quantitative estimate of drug-likeness (QED) is 0.540. The second-order valence-corrected chi connectivity index (χ2v) is 9.03. The van der Waals surface area contributed by atoms with E-state index in [2.05, 4.69) is 22.1 Å². The van der Waals surface area contributed by atoms with Crippen molar-refractivity contribution in [2.75, 3.05) is 19.6 Å². The Hall–Kier alpha value is -1.50. The molecule has 0 spiro atoms. The minimum Gasteiger partial charge on any atom is -0.351 e. The van der Waals surface area contributed by atoms with Crippen molar-refractivity contribution < 1.29 is 9.18 Å². The normalized spacial score (nSPS) is 16.0. The highest BCUT2D eigenvalue weighted by Crippen LogP contribution is 2.30. The van der Waals surface area contributed by atoms with E-state index in [4.69, 9.17) is 11.6 Å². The molecular weight excluding hydrogens is 409 g/mol. The van der Waals surface area contributed by atoms with Crippen molar-refractivity contribution in [3.8, 4) is 10.6 Å². The smallest absolute Gasteiger partial charge is 0.263 e. The predicted molar refractivity (Wildman–Crippen MR) is 118 cm³/mol. The summed E-state index contributed by atoms with van der Waals surface area (Å²) in [6.07, 6.45) is 7.18. The molecule has 4 nitrogen and oxygen atoms in total. The summed E-state index contributed by atoms with van der Waals surface area (Å²) in [4.78, 5) is 20.2. The van der Waals surface area contributed by atoms with Crippen LogP contribution in [0.25, 0.3) is 10.6 Å². The van der Waals surface area contributed by atoms with Crippen LogP contribution in [0.5, 0.6) is 0 Å². The molecule has 0 saturated carbocycles. The number of carbonyl (C=O) groups is 1. The van der Waals surface area contributed by atoms with E-state index in [-0.39, 0.29) is 10.9 Å². The third-order valence-electron chi connectivity index (χ3n) is 5.55. The molecule has 3 rings (SSSR count). The van der Waals surface area contributed by atoms with Gasteiger partial charge in [-0.25, -0.2) is 9.37 Å². The van der Waals surface area contributed by atoms with Crippen molar-refractivity contribution in [1.82, 2.24) is 15.2 Å². The van der Waals surface area contributed by atoms with E-state index in [1.807, 2.05) is 6.92 Å². The molecule has 1 saturated heterocycles. The Balaban J connectivity index is 1.53. The second kappa shape index (κ2) is 10.5. The molecule has 29 heavy (non-hydrogen) atoms. The first kappa shape index (κ1) is 22.2.